The van der Waals surface area contributed by atoms with Crippen LogP contribution in [0.15, 0.2) is 235 Å². The molecule has 286 valence electrons. The van der Waals surface area contributed by atoms with Gasteiger partial charge in [0.1, 0.15) is 11.2 Å². The second-order valence-corrected chi connectivity index (χ2v) is 15.0. The monoisotopic (exact) mass is 786 g/mol. The second-order valence-electron chi connectivity index (χ2n) is 15.0. The molecule has 3 nitrogen and oxygen atoms in total. The number of rotatable bonds is 7. The SMILES string of the molecule is [2H]c1c([2H])c([2H])c2c(c1[2H])c(-c1cccc3c1c1ccccc1n3-c1ccccc1)c([2H])c1oc3c([2H])c(N(c4ccc(-c5ccccc5)cc4)c4ccc(-c5ccccc5)cc4)c([2H])c([2H])c3c12. The van der Waals surface area contributed by atoms with Crippen LogP contribution in [0.1, 0.15) is 11.0 Å². The van der Waals surface area contributed by atoms with E-state index in [1.165, 1.54) is 0 Å². The van der Waals surface area contributed by atoms with Crippen molar-refractivity contribution in [3.8, 4) is 39.1 Å². The highest BCUT2D eigenvalue weighted by Crippen LogP contribution is 2.46. The van der Waals surface area contributed by atoms with Gasteiger partial charge in [-0.2, -0.15) is 0 Å². The lowest BCUT2D eigenvalue weighted by molar-refractivity contribution is 0.669. The van der Waals surface area contributed by atoms with Crippen LogP contribution in [0, 0.1) is 0 Å². The second kappa shape index (κ2) is 14.3. The summed E-state index contributed by atoms with van der Waals surface area (Å²) in [5, 5.41) is 1.91. The Balaban J connectivity index is 1.15. The molecule has 0 aliphatic carbocycles. The van der Waals surface area contributed by atoms with Crippen LogP contribution in [0.4, 0.5) is 17.1 Å². The van der Waals surface area contributed by atoms with Crippen molar-refractivity contribution in [1.29, 1.82) is 0 Å². The van der Waals surface area contributed by atoms with E-state index < -0.39 is 12.1 Å². The average molecular weight is 787 g/mol. The molecular weight excluding hydrogens is 741 g/mol. The van der Waals surface area contributed by atoms with E-state index in [0.29, 0.717) is 16.9 Å². The molecule has 2 heterocycles. The number of fused-ring (bicyclic) bond motifs is 8. The zero-order valence-corrected chi connectivity index (χ0v) is 32.6. The summed E-state index contributed by atoms with van der Waals surface area (Å²) < 4.78 is 85.3. The predicted octanol–water partition coefficient (Wildman–Crippen LogP) is 16.3. The first-order valence-electron chi connectivity index (χ1n) is 24.2. The van der Waals surface area contributed by atoms with Gasteiger partial charge in [-0.15, -0.1) is 0 Å². The van der Waals surface area contributed by atoms with E-state index in [1.807, 2.05) is 182 Å². The number of furan rings is 1. The van der Waals surface area contributed by atoms with Crippen LogP contribution in [0.2, 0.25) is 0 Å². The van der Waals surface area contributed by atoms with Crippen molar-refractivity contribution in [2.75, 3.05) is 4.90 Å². The van der Waals surface area contributed by atoms with Crippen LogP contribution in [0.5, 0.6) is 0 Å². The predicted molar refractivity (Wildman–Crippen MR) is 257 cm³/mol. The van der Waals surface area contributed by atoms with Crippen LogP contribution in [0.3, 0.4) is 0 Å². The molecule has 12 rings (SSSR count). The van der Waals surface area contributed by atoms with Crippen molar-refractivity contribution in [2.45, 2.75) is 0 Å². The van der Waals surface area contributed by atoms with E-state index in [2.05, 4.69) is 4.57 Å². The van der Waals surface area contributed by atoms with Gasteiger partial charge in [0.25, 0.3) is 0 Å². The van der Waals surface area contributed by atoms with E-state index in [1.54, 1.807) is 4.90 Å². The lowest BCUT2D eigenvalue weighted by atomic mass is 9.92. The van der Waals surface area contributed by atoms with Gasteiger partial charge in [-0.05, 0) is 111 Å². The minimum Gasteiger partial charge on any atom is -0.456 e. The average Bonchev–Trinajstić information content (AvgIpc) is 3.97. The zero-order valence-electron chi connectivity index (χ0n) is 40.6. The standard InChI is InChI=1S/C58H38N2O/c1-4-15-39(16-5-1)41-27-31-44(32-28-41)59(45-33-29-42(30-34-45)40-17-6-2-7-18-40)46-35-36-51-55(37-46)61-56-38-52(47-21-10-11-22-48(47)58(51)56)49-24-14-26-54-57(49)50-23-12-13-25-53(50)60(54)43-19-8-3-9-20-43/h1-38H/i10D,11D,21D,22D,35D,36D,37D,38D. The third kappa shape index (κ3) is 5.82. The number of anilines is 3. The van der Waals surface area contributed by atoms with Crippen LogP contribution >= 0.6 is 0 Å². The largest absolute Gasteiger partial charge is 0.456 e. The van der Waals surface area contributed by atoms with Gasteiger partial charge in [0.15, 0.2) is 0 Å². The molecule has 0 radical (unpaired) electrons. The van der Waals surface area contributed by atoms with E-state index in [4.69, 9.17) is 7.16 Å². The van der Waals surface area contributed by atoms with E-state index in [9.17, 15) is 8.22 Å². The minimum atomic E-state index is -0.491. The summed E-state index contributed by atoms with van der Waals surface area (Å²) in [7, 11) is 0. The number of aromatic nitrogens is 1. The van der Waals surface area contributed by atoms with Crippen molar-refractivity contribution < 1.29 is 15.4 Å². The molecule has 0 aliphatic heterocycles. The molecule has 0 amide bonds. The summed E-state index contributed by atoms with van der Waals surface area (Å²) in [4.78, 5) is 1.78. The zero-order chi connectivity index (χ0) is 47.2. The van der Waals surface area contributed by atoms with E-state index in [-0.39, 0.29) is 80.2 Å². The third-order valence-corrected chi connectivity index (χ3v) is 11.5. The summed E-state index contributed by atoms with van der Waals surface area (Å²) in [6, 6.07) is 56.5. The molecule has 0 spiro atoms. The van der Waals surface area contributed by atoms with Crippen molar-refractivity contribution in [2.24, 2.45) is 0 Å². The number of nitrogens with zero attached hydrogens (tertiary/aromatic N) is 2. The van der Waals surface area contributed by atoms with E-state index in [0.717, 1.165) is 49.7 Å². The van der Waals surface area contributed by atoms with Crippen molar-refractivity contribution >= 4 is 71.6 Å². The lowest BCUT2D eigenvalue weighted by Gasteiger charge is -2.26. The summed E-state index contributed by atoms with van der Waals surface area (Å²) in [6.45, 7) is 0. The van der Waals surface area contributed by atoms with Crippen molar-refractivity contribution in [3.05, 3.63) is 230 Å². The fourth-order valence-electron chi connectivity index (χ4n) is 8.76. The first kappa shape index (κ1) is 27.5. The minimum absolute atomic E-state index is 0.0246. The Morgan fingerprint density at radius 1 is 0.377 bits per heavy atom. The Morgan fingerprint density at radius 2 is 0.951 bits per heavy atom. The van der Waals surface area contributed by atoms with Crippen molar-refractivity contribution in [1.82, 2.24) is 4.57 Å². The molecule has 0 aliphatic rings. The summed E-state index contributed by atoms with van der Waals surface area (Å²) in [5.41, 5.74) is 8.65. The van der Waals surface area contributed by atoms with Gasteiger partial charge >= 0.3 is 0 Å². The van der Waals surface area contributed by atoms with Crippen LogP contribution in [-0.4, -0.2) is 4.57 Å². The fourth-order valence-corrected chi connectivity index (χ4v) is 8.76. The maximum Gasteiger partial charge on any atom is 0.137 e. The van der Waals surface area contributed by atoms with E-state index >= 15 is 0 Å². The van der Waals surface area contributed by atoms with Gasteiger partial charge in [-0.1, -0.05) is 158 Å². The molecule has 3 heteroatoms. The molecular formula is C58H38N2O. The number of para-hydroxylation sites is 2. The summed E-state index contributed by atoms with van der Waals surface area (Å²) >= 11 is 0. The molecule has 10 aromatic carbocycles. The summed E-state index contributed by atoms with van der Waals surface area (Å²) in [5.74, 6) is 0. The highest BCUT2D eigenvalue weighted by atomic mass is 16.3. The Labute approximate surface area is 364 Å². The van der Waals surface area contributed by atoms with Gasteiger partial charge < -0.3 is 13.9 Å². The molecule has 0 saturated heterocycles. The Morgan fingerprint density at radius 3 is 1.62 bits per heavy atom. The van der Waals surface area contributed by atoms with Gasteiger partial charge in [-0.3, -0.25) is 0 Å². The molecule has 0 atom stereocenters. The number of hydrogen-bond acceptors (Lipinski definition) is 2. The van der Waals surface area contributed by atoms with Gasteiger partial charge in [0, 0.05) is 50.3 Å². The quantitative estimate of drug-likeness (QED) is 0.160. The van der Waals surface area contributed by atoms with Crippen LogP contribution < -0.4 is 4.90 Å². The third-order valence-electron chi connectivity index (χ3n) is 11.5. The lowest BCUT2D eigenvalue weighted by Crippen LogP contribution is -2.09. The first-order chi connectivity index (χ1) is 33.6. The molecule has 61 heavy (non-hydrogen) atoms. The highest BCUT2D eigenvalue weighted by Gasteiger charge is 2.21. The van der Waals surface area contributed by atoms with Gasteiger partial charge in [-0.25, -0.2) is 0 Å². The van der Waals surface area contributed by atoms with Gasteiger partial charge in [0.2, 0.25) is 0 Å². The number of hydrogen-bond donors (Lipinski definition) is 0. The molecule has 0 bridgehead atoms. The Hall–Kier alpha value is -8.14. The normalized spacial score (nSPS) is 13.4. The molecule has 12 aromatic rings. The van der Waals surface area contributed by atoms with Crippen LogP contribution in [-0.2, 0) is 0 Å². The molecule has 0 fully saturated rings. The summed E-state index contributed by atoms with van der Waals surface area (Å²) in [6.07, 6.45) is 0. The molecule has 0 N–H and O–H groups in total. The smallest absolute Gasteiger partial charge is 0.137 e. The molecule has 0 unspecified atom stereocenters. The maximum atomic E-state index is 10.1. The van der Waals surface area contributed by atoms with Gasteiger partial charge in [0.05, 0.1) is 22.0 Å². The van der Waals surface area contributed by atoms with Crippen molar-refractivity contribution in [3.63, 3.8) is 0 Å². The maximum absolute atomic E-state index is 10.1. The highest BCUT2D eigenvalue weighted by molar-refractivity contribution is 6.25. The topological polar surface area (TPSA) is 21.3 Å². The molecule has 2 aromatic heterocycles. The fraction of sp³-hybridized carbons (Fsp3) is 0. The Bertz CT molecular complexity index is 3940. The molecule has 0 saturated carbocycles. The first-order valence-corrected chi connectivity index (χ1v) is 20.2. The van der Waals surface area contributed by atoms with Crippen LogP contribution in [0.25, 0.3) is 93.6 Å². The Kier molecular flexibility index (Phi) is 6.45. The number of benzene rings is 10.